The number of carbonyl (C=O) groups is 2. The number of alkyl carbamates (subject to hydrolysis) is 1. The largest absolute Gasteiger partial charge is 0.453 e. The highest BCUT2D eigenvalue weighted by atomic mass is 35.5. The number of nitrogens with two attached hydrogens (primary N) is 1. The first-order valence-electron chi connectivity index (χ1n) is 11.4. The Morgan fingerprint density at radius 3 is 2.88 bits per heavy atom. The molecule has 9 nitrogen and oxygen atoms in total. The van der Waals surface area contributed by atoms with Crippen LogP contribution in [0.4, 0.5) is 9.59 Å². The van der Waals surface area contributed by atoms with E-state index >= 15 is 0 Å². The molecule has 0 unspecified atom stereocenters. The molecule has 3 atom stereocenters. The topological polar surface area (TPSA) is 115 Å². The molecule has 0 saturated carbocycles. The van der Waals surface area contributed by atoms with Gasteiger partial charge in [-0.3, -0.25) is 0 Å². The normalized spacial score (nSPS) is 17.6. The van der Waals surface area contributed by atoms with Gasteiger partial charge < -0.3 is 35.5 Å². The summed E-state index contributed by atoms with van der Waals surface area (Å²) in [7, 11) is 3.05. The Morgan fingerprint density at radius 2 is 2.18 bits per heavy atom. The van der Waals surface area contributed by atoms with Crippen molar-refractivity contribution in [3.05, 3.63) is 34.9 Å². The van der Waals surface area contributed by atoms with E-state index in [1.54, 1.807) is 18.0 Å². The number of rotatable bonds is 12. The van der Waals surface area contributed by atoms with Gasteiger partial charge in [-0.2, -0.15) is 0 Å². The number of carbonyl (C=O) groups excluding carboxylic acids is 2. The Kier molecular flexibility index (Phi) is 12.3. The smallest absolute Gasteiger partial charge is 0.406 e. The number of methoxy groups -OCH3 is 1. The van der Waals surface area contributed by atoms with E-state index in [1.165, 1.54) is 7.11 Å². The molecule has 1 fully saturated rings. The first-order chi connectivity index (χ1) is 15.9. The molecule has 1 heterocycles. The zero-order chi connectivity index (χ0) is 24.1. The number of nitrogens with one attached hydrogen (secondary N) is 2. The summed E-state index contributed by atoms with van der Waals surface area (Å²) in [6.07, 6.45) is 2.81. The van der Waals surface area contributed by atoms with Crippen molar-refractivity contribution in [2.75, 3.05) is 53.6 Å². The third kappa shape index (κ3) is 10.6. The summed E-state index contributed by atoms with van der Waals surface area (Å²) in [6, 6.07) is 7.15. The van der Waals surface area contributed by atoms with Gasteiger partial charge in [0.15, 0.2) is 0 Å². The fraction of sp³-hybridized carbons (Fsp3) is 0.652. The van der Waals surface area contributed by atoms with Crippen LogP contribution in [0.25, 0.3) is 0 Å². The van der Waals surface area contributed by atoms with E-state index in [9.17, 15) is 9.59 Å². The van der Waals surface area contributed by atoms with Crippen molar-refractivity contribution in [3.8, 4) is 0 Å². The maximum absolute atomic E-state index is 12.5. The van der Waals surface area contributed by atoms with Crippen molar-refractivity contribution < 1.29 is 23.8 Å². The number of halogens is 1. The highest BCUT2D eigenvalue weighted by molar-refractivity contribution is 6.30. The Labute approximate surface area is 201 Å². The molecule has 3 amide bonds. The van der Waals surface area contributed by atoms with Crippen molar-refractivity contribution >= 4 is 23.7 Å². The quantitative estimate of drug-likeness (QED) is 0.393. The fourth-order valence-corrected chi connectivity index (χ4v) is 3.95. The predicted molar refractivity (Wildman–Crippen MR) is 127 cm³/mol. The van der Waals surface area contributed by atoms with Crippen LogP contribution in [0.1, 0.15) is 37.4 Å². The van der Waals surface area contributed by atoms with E-state index in [0.29, 0.717) is 43.6 Å². The minimum Gasteiger partial charge on any atom is -0.453 e. The van der Waals surface area contributed by atoms with Crippen molar-refractivity contribution in [1.82, 2.24) is 15.5 Å². The summed E-state index contributed by atoms with van der Waals surface area (Å²) in [5.41, 5.74) is 7.11. The Morgan fingerprint density at radius 1 is 1.36 bits per heavy atom. The highest BCUT2D eigenvalue weighted by Gasteiger charge is 2.19. The maximum atomic E-state index is 12.5. The molecule has 1 aliphatic heterocycles. The molecule has 4 N–H and O–H groups in total. The molecule has 10 heteroatoms. The molecule has 1 aromatic carbocycles. The van der Waals surface area contributed by atoms with E-state index in [2.05, 4.69) is 15.4 Å². The fourth-order valence-electron chi connectivity index (χ4n) is 3.75. The van der Waals surface area contributed by atoms with Crippen LogP contribution in [0.15, 0.2) is 24.3 Å². The van der Waals surface area contributed by atoms with E-state index in [4.69, 9.17) is 26.8 Å². The lowest BCUT2D eigenvalue weighted by molar-refractivity contribution is 0.0438. The monoisotopic (exact) mass is 484 g/mol. The van der Waals surface area contributed by atoms with Gasteiger partial charge in [0.1, 0.15) is 0 Å². The number of ether oxygens (including phenoxy) is 3. The van der Waals surface area contributed by atoms with E-state index in [0.717, 1.165) is 38.0 Å². The molecule has 0 bridgehead atoms. The summed E-state index contributed by atoms with van der Waals surface area (Å²) >= 11 is 6.14. The van der Waals surface area contributed by atoms with Gasteiger partial charge in [-0.05, 0) is 49.3 Å². The van der Waals surface area contributed by atoms with Gasteiger partial charge >= 0.3 is 12.1 Å². The lowest BCUT2D eigenvalue weighted by atomic mass is 9.95. The van der Waals surface area contributed by atoms with Crippen molar-refractivity contribution in [2.45, 2.75) is 37.8 Å². The Hall–Kier alpha value is -2.07. The van der Waals surface area contributed by atoms with Crippen LogP contribution in [0.5, 0.6) is 0 Å². The van der Waals surface area contributed by atoms with Crippen molar-refractivity contribution in [2.24, 2.45) is 11.7 Å². The van der Waals surface area contributed by atoms with Crippen LogP contribution in [0, 0.1) is 5.92 Å². The summed E-state index contributed by atoms with van der Waals surface area (Å²) in [5, 5.41) is 6.11. The van der Waals surface area contributed by atoms with Gasteiger partial charge in [-0.1, -0.05) is 23.7 Å². The van der Waals surface area contributed by atoms with E-state index in [1.807, 2.05) is 18.2 Å². The maximum Gasteiger partial charge on any atom is 0.406 e. The molecule has 0 aliphatic carbocycles. The summed E-state index contributed by atoms with van der Waals surface area (Å²) < 4.78 is 16.0. The molecule has 33 heavy (non-hydrogen) atoms. The summed E-state index contributed by atoms with van der Waals surface area (Å²) in [4.78, 5) is 25.3. The molecule has 0 spiro atoms. The zero-order valence-corrected chi connectivity index (χ0v) is 20.3. The average molecular weight is 485 g/mol. The van der Waals surface area contributed by atoms with Crippen LogP contribution in [0.2, 0.25) is 5.02 Å². The molecule has 2 rings (SSSR count). The van der Waals surface area contributed by atoms with Gasteiger partial charge in [0, 0.05) is 51.0 Å². The molecule has 1 aromatic rings. The number of benzene rings is 1. The van der Waals surface area contributed by atoms with E-state index < -0.39 is 6.09 Å². The lowest BCUT2D eigenvalue weighted by Gasteiger charge is -2.26. The highest BCUT2D eigenvalue weighted by Crippen LogP contribution is 2.24. The number of amides is 3. The third-order valence-electron chi connectivity index (χ3n) is 5.58. The van der Waals surface area contributed by atoms with Crippen LogP contribution in [0.3, 0.4) is 0 Å². The van der Waals surface area contributed by atoms with Gasteiger partial charge in [0.05, 0.1) is 19.8 Å². The summed E-state index contributed by atoms with van der Waals surface area (Å²) in [5.74, 6) is 0.465. The average Bonchev–Trinajstić information content (AvgIpc) is 2.82. The van der Waals surface area contributed by atoms with Crippen LogP contribution < -0.4 is 16.4 Å². The number of hydrogen-bond donors (Lipinski definition) is 3. The minimum absolute atomic E-state index is 0.0982. The molecule has 186 valence electrons. The first-order valence-corrected chi connectivity index (χ1v) is 11.8. The summed E-state index contributed by atoms with van der Waals surface area (Å²) in [6.45, 7) is 3.08. The molecule has 1 aliphatic rings. The number of nitrogens with zero attached hydrogens (tertiary/aromatic N) is 1. The molecular weight excluding hydrogens is 448 g/mol. The third-order valence-corrected chi connectivity index (χ3v) is 5.81. The standard InChI is InChI=1S/C23H37ClN4O5/c1-28(22(29)27-15-20(25)13-17-5-4-11-32-16-17)10-8-21(18-6-3-7-19(24)14-18)33-12-9-26-23(30)31-2/h3,6-7,14,17,20-21H,4-5,8-13,15-16,25H2,1-2H3,(H,26,30)(H,27,29)/t17-,20-,21-/m1/s1. The van der Waals surface area contributed by atoms with Crippen LogP contribution in [-0.4, -0.2) is 76.7 Å². The number of hydrogen-bond acceptors (Lipinski definition) is 6. The lowest BCUT2D eigenvalue weighted by Crippen LogP contribution is -2.44. The second-order valence-corrected chi connectivity index (χ2v) is 8.74. The zero-order valence-electron chi connectivity index (χ0n) is 19.6. The predicted octanol–water partition coefficient (Wildman–Crippen LogP) is 2.93. The van der Waals surface area contributed by atoms with Crippen LogP contribution >= 0.6 is 11.6 Å². The van der Waals surface area contributed by atoms with Crippen LogP contribution in [-0.2, 0) is 14.2 Å². The van der Waals surface area contributed by atoms with Gasteiger partial charge in [0.25, 0.3) is 0 Å². The molecule has 0 aromatic heterocycles. The molecular formula is C23H37ClN4O5. The van der Waals surface area contributed by atoms with E-state index in [-0.39, 0.29) is 18.2 Å². The first kappa shape index (κ1) is 27.2. The van der Waals surface area contributed by atoms with Gasteiger partial charge in [0.2, 0.25) is 0 Å². The molecule has 1 saturated heterocycles. The van der Waals surface area contributed by atoms with Gasteiger partial charge in [-0.15, -0.1) is 0 Å². The van der Waals surface area contributed by atoms with Crippen molar-refractivity contribution in [3.63, 3.8) is 0 Å². The number of urea groups is 1. The second-order valence-electron chi connectivity index (χ2n) is 8.31. The molecule has 0 radical (unpaired) electrons. The minimum atomic E-state index is -0.511. The van der Waals surface area contributed by atoms with Crippen molar-refractivity contribution in [1.29, 1.82) is 0 Å². The Bertz CT molecular complexity index is 733. The SMILES string of the molecule is COC(=O)NCCO[C@H](CCN(C)C(=O)NC[C@H](N)C[C@H]1CCCOC1)c1cccc(Cl)c1. The second kappa shape index (κ2) is 15.0. The Balaban J connectivity index is 1.79. The van der Waals surface area contributed by atoms with Gasteiger partial charge in [-0.25, -0.2) is 9.59 Å².